The molecule has 1 heterocycles. The lowest BCUT2D eigenvalue weighted by atomic mass is 9.90. The Balaban J connectivity index is 2.36. The smallest absolute Gasteiger partial charge is 0.232 e. The average Bonchev–Trinajstić information content (AvgIpc) is 2.64. The minimum Gasteiger partial charge on any atom is -0.396 e. The molecule has 0 saturated carbocycles. The van der Waals surface area contributed by atoms with Crippen LogP contribution >= 0.6 is 0 Å². The maximum absolute atomic E-state index is 13.4. The van der Waals surface area contributed by atoms with E-state index < -0.39 is 5.41 Å². The first-order valence-corrected chi connectivity index (χ1v) is 9.97. The fraction of sp³-hybridized carbons (Fsp3) is 0.375. The molecule has 4 N–H and O–H groups in total. The Labute approximate surface area is 174 Å². The molecule has 0 unspecified atom stereocenters. The van der Waals surface area contributed by atoms with Crippen LogP contribution < -0.4 is 16.5 Å². The normalized spacial score (nSPS) is 17.1. The van der Waals surface area contributed by atoms with Gasteiger partial charge in [-0.05, 0) is 32.4 Å². The number of nitrogens with two attached hydrogens (primary N) is 2. The number of hydrogen-bond donors (Lipinski definition) is 2. The third kappa shape index (κ3) is 3.87. The highest BCUT2D eigenvalue weighted by atomic mass is 16.2. The predicted molar refractivity (Wildman–Crippen MR) is 120 cm³/mol. The molecule has 29 heavy (non-hydrogen) atoms. The molecule has 5 heteroatoms. The minimum atomic E-state index is -0.520. The van der Waals surface area contributed by atoms with Gasteiger partial charge in [0, 0.05) is 22.1 Å². The number of hydrogen-bond acceptors (Lipinski definition) is 4. The standard InChI is InChI=1S/C24H32N4O/c1-23(2,3)22(29)27-15-16-11-7-8-12-17(16)21(28(26)24(4,5)6)20(25)18-13-9-10-14-19(18)27/h7-14H,15,25-26H2,1-6H3/b21-20-. The zero-order chi connectivity index (χ0) is 21.6. The van der Waals surface area contributed by atoms with E-state index in [1.54, 1.807) is 5.01 Å². The van der Waals surface area contributed by atoms with E-state index in [2.05, 4.69) is 20.8 Å². The van der Waals surface area contributed by atoms with Gasteiger partial charge in [-0.25, -0.2) is 5.84 Å². The van der Waals surface area contributed by atoms with Crippen LogP contribution in [0, 0.1) is 5.41 Å². The maximum atomic E-state index is 13.4. The molecular formula is C24H32N4O. The van der Waals surface area contributed by atoms with Crippen molar-refractivity contribution in [3.05, 3.63) is 65.2 Å². The van der Waals surface area contributed by atoms with Crippen molar-refractivity contribution < 1.29 is 4.79 Å². The Bertz CT molecular complexity index is 963. The topological polar surface area (TPSA) is 75.6 Å². The molecule has 0 aromatic heterocycles. The van der Waals surface area contributed by atoms with E-state index >= 15 is 0 Å². The van der Waals surface area contributed by atoms with Crippen molar-refractivity contribution in [1.82, 2.24) is 5.01 Å². The molecule has 0 radical (unpaired) electrons. The van der Waals surface area contributed by atoms with Crippen LogP contribution in [0.3, 0.4) is 0 Å². The van der Waals surface area contributed by atoms with Gasteiger partial charge >= 0.3 is 0 Å². The first-order valence-electron chi connectivity index (χ1n) is 9.97. The average molecular weight is 393 g/mol. The van der Waals surface area contributed by atoms with Crippen molar-refractivity contribution in [1.29, 1.82) is 0 Å². The van der Waals surface area contributed by atoms with Gasteiger partial charge in [0.25, 0.3) is 0 Å². The van der Waals surface area contributed by atoms with E-state index in [0.29, 0.717) is 12.2 Å². The first-order chi connectivity index (χ1) is 13.4. The zero-order valence-corrected chi connectivity index (χ0v) is 18.3. The van der Waals surface area contributed by atoms with Gasteiger partial charge in [-0.2, -0.15) is 0 Å². The Morgan fingerprint density at radius 2 is 1.48 bits per heavy atom. The number of benzene rings is 2. The molecule has 1 amide bonds. The highest BCUT2D eigenvalue weighted by Gasteiger charge is 2.34. The summed E-state index contributed by atoms with van der Waals surface area (Å²) in [5.41, 5.74) is 10.8. The van der Waals surface area contributed by atoms with E-state index in [1.165, 1.54) is 0 Å². The monoisotopic (exact) mass is 392 g/mol. The Morgan fingerprint density at radius 3 is 2.07 bits per heavy atom. The quantitative estimate of drug-likeness (QED) is 0.559. The van der Waals surface area contributed by atoms with E-state index in [-0.39, 0.29) is 11.4 Å². The Morgan fingerprint density at radius 1 is 0.931 bits per heavy atom. The number of hydrazine groups is 1. The van der Waals surface area contributed by atoms with Crippen molar-refractivity contribution in [3.63, 3.8) is 0 Å². The maximum Gasteiger partial charge on any atom is 0.232 e. The van der Waals surface area contributed by atoms with Crippen molar-refractivity contribution in [2.75, 3.05) is 4.90 Å². The molecule has 2 aromatic carbocycles. The van der Waals surface area contributed by atoms with Crippen LogP contribution in [0.25, 0.3) is 11.4 Å². The van der Waals surface area contributed by atoms with Crippen LogP contribution in [0.15, 0.2) is 48.5 Å². The number of anilines is 1. The molecule has 0 saturated heterocycles. The molecule has 0 aliphatic carbocycles. The fourth-order valence-electron chi connectivity index (χ4n) is 3.54. The number of fused-ring (bicyclic) bond motifs is 2. The van der Waals surface area contributed by atoms with Crippen LogP contribution in [0.2, 0.25) is 0 Å². The summed E-state index contributed by atoms with van der Waals surface area (Å²) in [6, 6.07) is 15.8. The molecule has 3 rings (SSSR count). The number of para-hydroxylation sites is 1. The SMILES string of the molecule is CC(C)(C)C(=O)N1Cc2ccccc2/C(N(N)C(C)(C)C)=C(/N)c2ccccc21. The van der Waals surface area contributed by atoms with Crippen LogP contribution in [0.4, 0.5) is 5.69 Å². The highest BCUT2D eigenvalue weighted by molar-refractivity contribution is 6.02. The number of rotatable bonds is 1. The zero-order valence-electron chi connectivity index (χ0n) is 18.3. The molecule has 0 spiro atoms. The van der Waals surface area contributed by atoms with Crippen LogP contribution in [0.5, 0.6) is 0 Å². The Kier molecular flexibility index (Phi) is 5.22. The van der Waals surface area contributed by atoms with Gasteiger partial charge in [0.15, 0.2) is 0 Å². The van der Waals surface area contributed by atoms with Gasteiger partial charge < -0.3 is 15.6 Å². The molecular weight excluding hydrogens is 360 g/mol. The predicted octanol–water partition coefficient (Wildman–Crippen LogP) is 4.34. The summed E-state index contributed by atoms with van der Waals surface area (Å²) in [5, 5.41) is 1.74. The van der Waals surface area contributed by atoms with E-state index in [4.69, 9.17) is 11.6 Å². The molecule has 1 aliphatic heterocycles. The van der Waals surface area contributed by atoms with Crippen LogP contribution in [-0.4, -0.2) is 16.5 Å². The largest absolute Gasteiger partial charge is 0.396 e. The summed E-state index contributed by atoms with van der Waals surface area (Å²) >= 11 is 0. The summed E-state index contributed by atoms with van der Waals surface area (Å²) in [7, 11) is 0. The second-order valence-corrected chi connectivity index (χ2v) is 9.62. The van der Waals surface area contributed by atoms with Crippen LogP contribution in [0.1, 0.15) is 58.2 Å². The van der Waals surface area contributed by atoms with Gasteiger partial charge in [0.2, 0.25) is 5.91 Å². The van der Waals surface area contributed by atoms with Crippen molar-refractivity contribution in [3.8, 4) is 0 Å². The molecule has 154 valence electrons. The van der Waals surface area contributed by atoms with Crippen molar-refractivity contribution in [2.24, 2.45) is 17.0 Å². The van der Waals surface area contributed by atoms with Gasteiger partial charge in [0.05, 0.1) is 23.6 Å². The van der Waals surface area contributed by atoms with Gasteiger partial charge in [-0.15, -0.1) is 0 Å². The molecule has 0 atom stereocenters. The summed E-state index contributed by atoms with van der Waals surface area (Å²) in [6.07, 6.45) is 0. The second kappa shape index (κ2) is 7.23. The molecule has 0 fully saturated rings. The van der Waals surface area contributed by atoms with Gasteiger partial charge in [-0.1, -0.05) is 63.2 Å². The first kappa shape index (κ1) is 20.9. The van der Waals surface area contributed by atoms with Gasteiger partial charge in [0.1, 0.15) is 0 Å². The number of carbonyl (C=O) groups is 1. The molecule has 1 aliphatic rings. The second-order valence-electron chi connectivity index (χ2n) is 9.62. The summed E-state index contributed by atoms with van der Waals surface area (Å²) in [4.78, 5) is 15.2. The Hall–Kier alpha value is -2.79. The lowest BCUT2D eigenvalue weighted by molar-refractivity contribution is -0.125. The summed E-state index contributed by atoms with van der Waals surface area (Å²) in [5.74, 6) is 6.64. The number of carbonyl (C=O) groups excluding carboxylic acids is 1. The highest BCUT2D eigenvalue weighted by Crippen LogP contribution is 2.39. The molecule has 5 nitrogen and oxygen atoms in total. The number of amides is 1. The lowest BCUT2D eigenvalue weighted by Gasteiger charge is -2.39. The van der Waals surface area contributed by atoms with Crippen molar-refractivity contribution in [2.45, 2.75) is 53.6 Å². The molecule has 0 bridgehead atoms. The van der Waals surface area contributed by atoms with Crippen LogP contribution in [-0.2, 0) is 11.3 Å². The third-order valence-corrected chi connectivity index (χ3v) is 5.19. The van der Waals surface area contributed by atoms with E-state index in [0.717, 1.165) is 28.1 Å². The molecule has 2 aromatic rings. The third-order valence-electron chi connectivity index (χ3n) is 5.19. The van der Waals surface area contributed by atoms with Crippen molar-refractivity contribution >= 4 is 23.0 Å². The lowest BCUT2D eigenvalue weighted by Crippen LogP contribution is -2.47. The van der Waals surface area contributed by atoms with Gasteiger partial charge in [-0.3, -0.25) is 4.79 Å². The number of nitrogens with zero attached hydrogens (tertiary/aromatic N) is 2. The summed E-state index contributed by atoms with van der Waals surface area (Å²) in [6.45, 7) is 12.4. The minimum absolute atomic E-state index is 0.0522. The summed E-state index contributed by atoms with van der Waals surface area (Å²) < 4.78 is 0. The van der Waals surface area contributed by atoms with E-state index in [1.807, 2.05) is 74.2 Å². The van der Waals surface area contributed by atoms with E-state index in [9.17, 15) is 4.79 Å². The fourth-order valence-corrected chi connectivity index (χ4v) is 3.54.